The third kappa shape index (κ3) is 5.22. The topological polar surface area (TPSA) is 85.8 Å². The molecule has 1 N–H and O–H groups in total. The van der Waals surface area contributed by atoms with Crippen molar-refractivity contribution in [3.8, 4) is 28.5 Å². The summed E-state index contributed by atoms with van der Waals surface area (Å²) in [6.45, 7) is 1.85. The average Bonchev–Trinajstić information content (AvgIpc) is 2.93. The molecule has 1 heterocycles. The molecule has 0 spiro atoms. The van der Waals surface area contributed by atoms with Gasteiger partial charge in [0.05, 0.1) is 39.4 Å². The molecule has 4 rings (SSSR count). The Kier molecular flexibility index (Phi) is 7.65. The Morgan fingerprint density at radius 2 is 1.56 bits per heavy atom. The quantitative estimate of drug-likeness (QED) is 0.312. The van der Waals surface area contributed by atoms with Crippen LogP contribution in [-0.2, 0) is 4.79 Å². The maximum atomic E-state index is 12.8. The van der Waals surface area contributed by atoms with Gasteiger partial charge in [0.1, 0.15) is 5.82 Å². The van der Waals surface area contributed by atoms with Crippen molar-refractivity contribution < 1.29 is 19.0 Å². The first-order valence-electron chi connectivity index (χ1n) is 11.5. The van der Waals surface area contributed by atoms with Gasteiger partial charge in [0.25, 0.3) is 0 Å². The lowest BCUT2D eigenvalue weighted by Crippen LogP contribution is -2.24. The van der Waals surface area contributed by atoms with Crippen molar-refractivity contribution in [1.29, 1.82) is 0 Å². The van der Waals surface area contributed by atoms with Crippen molar-refractivity contribution in [3.05, 3.63) is 79.1 Å². The SMILES string of the molecule is CCC(=O)N(c1ccccc1)c1cccc(-c2cncc(Nc3cc(OC)c(OC)c(OC)c3)n2)c1. The number of aromatic nitrogens is 2. The van der Waals surface area contributed by atoms with Crippen LogP contribution in [0.5, 0.6) is 17.2 Å². The van der Waals surface area contributed by atoms with E-state index >= 15 is 0 Å². The van der Waals surface area contributed by atoms with Gasteiger partial charge in [0.15, 0.2) is 11.5 Å². The van der Waals surface area contributed by atoms with Gasteiger partial charge < -0.3 is 19.5 Å². The zero-order valence-corrected chi connectivity index (χ0v) is 20.7. The first-order chi connectivity index (χ1) is 17.6. The van der Waals surface area contributed by atoms with Gasteiger partial charge in [-0.15, -0.1) is 0 Å². The summed E-state index contributed by atoms with van der Waals surface area (Å²) in [6.07, 6.45) is 3.70. The molecule has 4 aromatic rings. The molecular weight excluding hydrogens is 456 g/mol. The lowest BCUT2D eigenvalue weighted by atomic mass is 10.1. The number of carbonyl (C=O) groups is 1. The molecule has 0 radical (unpaired) electrons. The third-order valence-corrected chi connectivity index (χ3v) is 5.54. The van der Waals surface area contributed by atoms with E-state index < -0.39 is 0 Å². The Morgan fingerprint density at radius 3 is 2.19 bits per heavy atom. The van der Waals surface area contributed by atoms with E-state index in [0.717, 1.165) is 16.9 Å². The second kappa shape index (κ2) is 11.2. The van der Waals surface area contributed by atoms with E-state index in [9.17, 15) is 4.79 Å². The average molecular weight is 485 g/mol. The monoisotopic (exact) mass is 484 g/mol. The molecule has 184 valence electrons. The van der Waals surface area contributed by atoms with Gasteiger partial charge in [-0.05, 0) is 24.3 Å². The molecule has 8 nitrogen and oxygen atoms in total. The van der Waals surface area contributed by atoms with Crippen LogP contribution in [0.25, 0.3) is 11.3 Å². The van der Waals surface area contributed by atoms with E-state index in [1.54, 1.807) is 50.8 Å². The predicted molar refractivity (Wildman–Crippen MR) is 141 cm³/mol. The fourth-order valence-corrected chi connectivity index (χ4v) is 3.84. The molecule has 36 heavy (non-hydrogen) atoms. The minimum absolute atomic E-state index is 0.00209. The number of nitrogens with zero attached hydrogens (tertiary/aromatic N) is 3. The van der Waals surface area contributed by atoms with Gasteiger partial charge in [0, 0.05) is 41.2 Å². The summed E-state index contributed by atoms with van der Waals surface area (Å²) < 4.78 is 16.3. The van der Waals surface area contributed by atoms with Crippen molar-refractivity contribution in [2.24, 2.45) is 0 Å². The van der Waals surface area contributed by atoms with Crippen LogP contribution in [0.4, 0.5) is 22.9 Å². The molecule has 3 aromatic carbocycles. The van der Waals surface area contributed by atoms with Crippen LogP contribution in [0, 0.1) is 0 Å². The molecule has 8 heteroatoms. The molecule has 0 aliphatic heterocycles. The Morgan fingerprint density at radius 1 is 0.861 bits per heavy atom. The van der Waals surface area contributed by atoms with E-state index in [1.807, 2.05) is 61.5 Å². The normalized spacial score (nSPS) is 10.4. The number of ether oxygens (including phenoxy) is 3. The second-order valence-electron chi connectivity index (χ2n) is 7.80. The van der Waals surface area contributed by atoms with E-state index in [2.05, 4.69) is 10.3 Å². The van der Waals surface area contributed by atoms with Crippen molar-refractivity contribution in [1.82, 2.24) is 9.97 Å². The first kappa shape index (κ1) is 24.5. The fraction of sp³-hybridized carbons (Fsp3) is 0.179. The number of nitrogens with one attached hydrogen (secondary N) is 1. The van der Waals surface area contributed by atoms with Crippen LogP contribution >= 0.6 is 0 Å². The highest BCUT2D eigenvalue weighted by Gasteiger charge is 2.17. The molecule has 0 fully saturated rings. The van der Waals surface area contributed by atoms with E-state index in [0.29, 0.717) is 40.9 Å². The summed E-state index contributed by atoms with van der Waals surface area (Å²) in [6, 6.07) is 20.9. The van der Waals surface area contributed by atoms with E-state index in [1.165, 1.54) is 0 Å². The zero-order valence-electron chi connectivity index (χ0n) is 20.7. The number of methoxy groups -OCH3 is 3. The predicted octanol–water partition coefficient (Wildman–Crippen LogP) is 5.99. The highest BCUT2D eigenvalue weighted by molar-refractivity contribution is 6.00. The van der Waals surface area contributed by atoms with Gasteiger partial charge >= 0.3 is 0 Å². The molecule has 0 unspecified atom stereocenters. The Bertz CT molecular complexity index is 1320. The molecule has 0 bridgehead atoms. The largest absolute Gasteiger partial charge is 0.493 e. The summed E-state index contributed by atoms with van der Waals surface area (Å²) in [7, 11) is 4.69. The molecule has 0 atom stereocenters. The Balaban J connectivity index is 1.67. The van der Waals surface area contributed by atoms with Crippen molar-refractivity contribution in [2.45, 2.75) is 13.3 Å². The second-order valence-corrected chi connectivity index (χ2v) is 7.80. The smallest absolute Gasteiger partial charge is 0.231 e. The van der Waals surface area contributed by atoms with Crippen LogP contribution in [0.15, 0.2) is 79.1 Å². The Hall–Kier alpha value is -4.59. The maximum Gasteiger partial charge on any atom is 0.231 e. The molecule has 0 saturated carbocycles. The van der Waals surface area contributed by atoms with Gasteiger partial charge in [0.2, 0.25) is 11.7 Å². The number of hydrogen-bond acceptors (Lipinski definition) is 7. The third-order valence-electron chi connectivity index (χ3n) is 5.54. The zero-order chi connectivity index (χ0) is 25.5. The van der Waals surface area contributed by atoms with E-state index in [4.69, 9.17) is 19.2 Å². The van der Waals surface area contributed by atoms with Crippen LogP contribution < -0.4 is 24.4 Å². The van der Waals surface area contributed by atoms with Crippen LogP contribution in [0.3, 0.4) is 0 Å². The van der Waals surface area contributed by atoms with Gasteiger partial charge in [-0.3, -0.25) is 14.7 Å². The summed E-state index contributed by atoms with van der Waals surface area (Å²) in [4.78, 5) is 23.7. The Labute approximate surface area is 210 Å². The summed E-state index contributed by atoms with van der Waals surface area (Å²) in [5, 5.41) is 3.25. The highest BCUT2D eigenvalue weighted by Crippen LogP contribution is 2.40. The van der Waals surface area contributed by atoms with Crippen molar-refractivity contribution in [2.75, 3.05) is 31.5 Å². The lowest BCUT2D eigenvalue weighted by Gasteiger charge is -2.23. The van der Waals surface area contributed by atoms with Crippen molar-refractivity contribution in [3.63, 3.8) is 0 Å². The van der Waals surface area contributed by atoms with E-state index in [-0.39, 0.29) is 5.91 Å². The number of rotatable bonds is 9. The molecule has 0 aliphatic carbocycles. The van der Waals surface area contributed by atoms with Gasteiger partial charge in [-0.1, -0.05) is 37.3 Å². The molecule has 0 saturated heterocycles. The van der Waals surface area contributed by atoms with Crippen LogP contribution in [0.1, 0.15) is 13.3 Å². The number of anilines is 4. The maximum absolute atomic E-state index is 12.8. The number of benzene rings is 3. The highest BCUT2D eigenvalue weighted by atomic mass is 16.5. The van der Waals surface area contributed by atoms with Crippen LogP contribution in [0.2, 0.25) is 0 Å². The summed E-state index contributed by atoms with van der Waals surface area (Å²) >= 11 is 0. The lowest BCUT2D eigenvalue weighted by molar-refractivity contribution is -0.117. The minimum atomic E-state index is 0.00209. The minimum Gasteiger partial charge on any atom is -0.493 e. The van der Waals surface area contributed by atoms with Gasteiger partial charge in [-0.25, -0.2) is 4.98 Å². The van der Waals surface area contributed by atoms with Gasteiger partial charge in [-0.2, -0.15) is 0 Å². The fourth-order valence-electron chi connectivity index (χ4n) is 3.84. The van der Waals surface area contributed by atoms with Crippen molar-refractivity contribution >= 4 is 28.8 Å². The standard InChI is InChI=1S/C28H28N4O4/c1-5-27(33)32(21-11-7-6-8-12-21)22-13-9-10-19(14-22)23-17-29-18-26(31-23)30-20-15-24(34-2)28(36-4)25(16-20)35-3/h6-18H,5H2,1-4H3,(H,30,31). The molecule has 1 aromatic heterocycles. The number of para-hydroxylation sites is 1. The molecule has 1 amide bonds. The molecule has 0 aliphatic rings. The number of amides is 1. The summed E-state index contributed by atoms with van der Waals surface area (Å²) in [5.74, 6) is 2.10. The summed E-state index contributed by atoms with van der Waals surface area (Å²) in [5.41, 5.74) is 3.76. The first-order valence-corrected chi connectivity index (χ1v) is 11.5. The number of carbonyl (C=O) groups excluding carboxylic acids is 1. The molecular formula is C28H28N4O4. The van der Waals surface area contributed by atoms with Crippen LogP contribution in [-0.4, -0.2) is 37.2 Å². The number of hydrogen-bond donors (Lipinski definition) is 1.